The van der Waals surface area contributed by atoms with Crippen molar-refractivity contribution in [3.63, 3.8) is 0 Å². The molecule has 0 spiro atoms. The van der Waals surface area contributed by atoms with E-state index in [0.717, 1.165) is 6.42 Å². The maximum Gasteiger partial charge on any atom is 0.319 e. The highest BCUT2D eigenvalue weighted by atomic mass is 16.4. The van der Waals surface area contributed by atoms with E-state index in [0.29, 0.717) is 13.1 Å². The first kappa shape index (κ1) is 12.8. The molecule has 0 bridgehead atoms. The highest BCUT2D eigenvalue weighted by molar-refractivity contribution is 5.75. The Morgan fingerprint density at radius 2 is 2.19 bits per heavy atom. The third kappa shape index (κ3) is 3.37. The number of aliphatic carboxylic acids is 1. The fourth-order valence-electron chi connectivity index (χ4n) is 1.76. The molecule has 1 heterocycles. The molecule has 16 heavy (non-hydrogen) atoms. The van der Waals surface area contributed by atoms with Gasteiger partial charge < -0.3 is 20.0 Å². The second-order valence-corrected chi connectivity index (χ2v) is 4.13. The summed E-state index contributed by atoms with van der Waals surface area (Å²) < 4.78 is 0. The Kier molecular flexibility index (Phi) is 4.54. The van der Waals surface area contributed by atoms with Crippen LogP contribution >= 0.6 is 0 Å². The minimum absolute atomic E-state index is 0.0422. The van der Waals surface area contributed by atoms with Crippen LogP contribution in [-0.4, -0.2) is 65.3 Å². The number of aliphatic hydroxyl groups excluding tert-OH is 1. The monoisotopic (exact) mass is 230 g/mol. The van der Waals surface area contributed by atoms with E-state index in [1.165, 1.54) is 4.90 Å². The zero-order valence-electron chi connectivity index (χ0n) is 9.43. The lowest BCUT2D eigenvalue weighted by Gasteiger charge is -2.24. The van der Waals surface area contributed by atoms with E-state index in [9.17, 15) is 9.59 Å². The van der Waals surface area contributed by atoms with E-state index in [4.69, 9.17) is 10.2 Å². The molecule has 6 nitrogen and oxygen atoms in total. The van der Waals surface area contributed by atoms with Crippen molar-refractivity contribution in [3.8, 4) is 0 Å². The number of carbonyl (C=O) groups excluding carboxylic acids is 1. The summed E-state index contributed by atoms with van der Waals surface area (Å²) in [5.74, 6) is -0.744. The normalized spacial score (nSPS) is 19.9. The van der Waals surface area contributed by atoms with Gasteiger partial charge in [-0.15, -0.1) is 0 Å². The summed E-state index contributed by atoms with van der Waals surface area (Å²) >= 11 is 0. The van der Waals surface area contributed by atoms with Crippen LogP contribution in [0.1, 0.15) is 12.8 Å². The summed E-state index contributed by atoms with van der Waals surface area (Å²) in [4.78, 5) is 25.2. The maximum absolute atomic E-state index is 11.8. The molecule has 0 aromatic rings. The number of nitrogens with zero attached hydrogens (tertiary/aromatic N) is 2. The Balaban J connectivity index is 2.36. The average Bonchev–Trinajstić information content (AvgIpc) is 2.73. The van der Waals surface area contributed by atoms with Crippen LogP contribution in [0.3, 0.4) is 0 Å². The van der Waals surface area contributed by atoms with Gasteiger partial charge in [-0.1, -0.05) is 0 Å². The van der Waals surface area contributed by atoms with Gasteiger partial charge in [0.2, 0.25) is 0 Å². The Morgan fingerprint density at radius 1 is 1.50 bits per heavy atom. The number of aliphatic hydroxyl groups is 1. The minimum Gasteiger partial charge on any atom is -0.481 e. The second-order valence-electron chi connectivity index (χ2n) is 4.13. The second kappa shape index (κ2) is 5.69. The van der Waals surface area contributed by atoms with Crippen molar-refractivity contribution in [2.75, 3.05) is 33.3 Å². The molecule has 0 radical (unpaired) electrons. The molecule has 92 valence electrons. The lowest BCUT2D eigenvalue weighted by atomic mass is 10.1. The molecule has 0 aliphatic carbocycles. The quantitative estimate of drug-likeness (QED) is 0.702. The fourth-order valence-corrected chi connectivity index (χ4v) is 1.76. The van der Waals surface area contributed by atoms with E-state index in [1.807, 2.05) is 0 Å². The molecule has 2 N–H and O–H groups in total. The van der Waals surface area contributed by atoms with Gasteiger partial charge in [0.15, 0.2) is 0 Å². The molecule has 1 aliphatic rings. The van der Waals surface area contributed by atoms with Gasteiger partial charge in [-0.2, -0.15) is 0 Å². The molecule has 1 aliphatic heterocycles. The summed E-state index contributed by atoms with van der Waals surface area (Å²) in [5, 5.41) is 17.5. The number of amides is 2. The van der Waals surface area contributed by atoms with Gasteiger partial charge in [0.1, 0.15) is 0 Å². The molecule has 0 saturated carbocycles. The lowest BCUT2D eigenvalue weighted by Crippen LogP contribution is -2.40. The number of rotatable bonds is 4. The van der Waals surface area contributed by atoms with Crippen molar-refractivity contribution in [1.29, 1.82) is 0 Å². The summed E-state index contributed by atoms with van der Waals surface area (Å²) in [6, 6.07) is -0.155. The number of carbonyl (C=O) groups is 2. The Bertz CT molecular complexity index is 270. The van der Waals surface area contributed by atoms with Crippen molar-refractivity contribution >= 4 is 12.0 Å². The summed E-state index contributed by atoms with van der Waals surface area (Å²) in [5.41, 5.74) is 0. The van der Waals surface area contributed by atoms with Crippen LogP contribution in [0.4, 0.5) is 4.79 Å². The number of hydrogen-bond donors (Lipinski definition) is 2. The number of urea groups is 1. The maximum atomic E-state index is 11.8. The number of likely N-dealkylation sites (tertiary alicyclic amines) is 1. The first-order valence-corrected chi connectivity index (χ1v) is 5.37. The fraction of sp³-hybridized carbons (Fsp3) is 0.800. The first-order valence-electron chi connectivity index (χ1n) is 5.37. The molecule has 1 saturated heterocycles. The van der Waals surface area contributed by atoms with E-state index < -0.39 is 5.97 Å². The van der Waals surface area contributed by atoms with Crippen LogP contribution in [0.2, 0.25) is 0 Å². The van der Waals surface area contributed by atoms with Crippen LogP contribution in [0.5, 0.6) is 0 Å². The number of carboxylic acid groups (broad SMARTS) is 1. The van der Waals surface area contributed by atoms with E-state index in [-0.39, 0.29) is 31.5 Å². The molecule has 1 rings (SSSR count). The molecule has 1 atom stereocenters. The van der Waals surface area contributed by atoms with Gasteiger partial charge in [-0.25, -0.2) is 4.79 Å². The highest BCUT2D eigenvalue weighted by Crippen LogP contribution is 2.16. The Morgan fingerprint density at radius 3 is 2.69 bits per heavy atom. The predicted octanol–water partition coefficient (Wildman–Crippen LogP) is -0.173. The zero-order chi connectivity index (χ0) is 12.1. The van der Waals surface area contributed by atoms with Gasteiger partial charge in [0.25, 0.3) is 0 Å². The molecule has 0 aromatic carbocycles. The predicted molar refractivity (Wildman–Crippen MR) is 57.0 cm³/mol. The largest absolute Gasteiger partial charge is 0.481 e. The number of carboxylic acids is 1. The highest BCUT2D eigenvalue weighted by Gasteiger charge is 2.27. The molecule has 1 fully saturated rings. The van der Waals surface area contributed by atoms with Crippen molar-refractivity contribution in [3.05, 3.63) is 0 Å². The standard InChI is InChI=1S/C10H18N2O4/c1-11(4-3-9(14)15)10(16)12-5-2-8(6-12)7-13/h8,13H,2-7H2,1H3,(H,14,15). The average molecular weight is 230 g/mol. The smallest absolute Gasteiger partial charge is 0.319 e. The van der Waals surface area contributed by atoms with Crippen LogP contribution in [0.25, 0.3) is 0 Å². The molecular weight excluding hydrogens is 212 g/mol. The van der Waals surface area contributed by atoms with Gasteiger partial charge in [-0.3, -0.25) is 4.79 Å². The lowest BCUT2D eigenvalue weighted by molar-refractivity contribution is -0.137. The Labute approximate surface area is 94.4 Å². The van der Waals surface area contributed by atoms with Crippen LogP contribution in [-0.2, 0) is 4.79 Å². The molecule has 2 amide bonds. The number of hydrogen-bond acceptors (Lipinski definition) is 3. The third-order valence-electron chi connectivity index (χ3n) is 2.80. The summed E-state index contributed by atoms with van der Waals surface area (Å²) in [6.45, 7) is 1.52. The molecule has 1 unspecified atom stereocenters. The topological polar surface area (TPSA) is 81.1 Å². The van der Waals surface area contributed by atoms with E-state index in [2.05, 4.69) is 0 Å². The van der Waals surface area contributed by atoms with Gasteiger partial charge in [0.05, 0.1) is 6.42 Å². The van der Waals surface area contributed by atoms with Crippen molar-refractivity contribution in [2.45, 2.75) is 12.8 Å². The minimum atomic E-state index is -0.908. The SMILES string of the molecule is CN(CCC(=O)O)C(=O)N1CCC(CO)C1. The molecule has 6 heteroatoms. The van der Waals surface area contributed by atoms with Gasteiger partial charge in [-0.05, 0) is 6.42 Å². The van der Waals surface area contributed by atoms with Crippen molar-refractivity contribution in [1.82, 2.24) is 9.80 Å². The van der Waals surface area contributed by atoms with E-state index >= 15 is 0 Å². The van der Waals surface area contributed by atoms with E-state index in [1.54, 1.807) is 11.9 Å². The third-order valence-corrected chi connectivity index (χ3v) is 2.80. The van der Waals surface area contributed by atoms with Crippen LogP contribution in [0, 0.1) is 5.92 Å². The summed E-state index contributed by atoms with van der Waals surface area (Å²) in [7, 11) is 1.59. The van der Waals surface area contributed by atoms with Crippen LogP contribution in [0.15, 0.2) is 0 Å². The van der Waals surface area contributed by atoms with Crippen molar-refractivity contribution in [2.24, 2.45) is 5.92 Å². The zero-order valence-corrected chi connectivity index (χ0v) is 9.43. The molecular formula is C10H18N2O4. The Hall–Kier alpha value is -1.30. The molecule has 0 aromatic heterocycles. The van der Waals surface area contributed by atoms with Gasteiger partial charge >= 0.3 is 12.0 Å². The van der Waals surface area contributed by atoms with Crippen LogP contribution < -0.4 is 0 Å². The summed E-state index contributed by atoms with van der Waals surface area (Å²) in [6.07, 6.45) is 0.772. The van der Waals surface area contributed by atoms with Crippen molar-refractivity contribution < 1.29 is 19.8 Å². The first-order chi connectivity index (χ1) is 7.54. The van der Waals surface area contributed by atoms with Gasteiger partial charge in [0, 0.05) is 39.2 Å².